The predicted molar refractivity (Wildman–Crippen MR) is 78.0 cm³/mol. The predicted octanol–water partition coefficient (Wildman–Crippen LogP) is 2.94. The number of halogens is 1. The van der Waals surface area contributed by atoms with Crippen LogP contribution in [-0.4, -0.2) is 31.4 Å². The summed E-state index contributed by atoms with van der Waals surface area (Å²) in [5.74, 6) is 0.992. The fourth-order valence-corrected chi connectivity index (χ4v) is 4.94. The molecule has 2 unspecified atom stereocenters. The summed E-state index contributed by atoms with van der Waals surface area (Å²) in [6, 6.07) is 2.59. The Bertz CT molecular complexity index is 351. The summed E-state index contributed by atoms with van der Waals surface area (Å²) < 4.78 is -0.810. The van der Waals surface area contributed by atoms with E-state index < -0.39 is 3.42 Å². The molecule has 0 N–H and O–H groups in total. The molecule has 2 fully saturated rings. The molecule has 0 spiro atoms. The number of β-lactam (4-membered cyclic amide) rings is 1. The van der Waals surface area contributed by atoms with Crippen molar-refractivity contribution in [3.8, 4) is 6.07 Å². The van der Waals surface area contributed by atoms with Gasteiger partial charge in [0.15, 0.2) is 0 Å². The minimum absolute atomic E-state index is 0.0402. The lowest BCUT2D eigenvalue weighted by atomic mass is 9.88. The standard InChI is InChI=1S/C12H17IN2OS/c1-2-17-11-12(13,8-14)10(16)15(11)9-6-4-3-5-7-9/h9,11H,2-7H2,1H3. The van der Waals surface area contributed by atoms with Crippen molar-refractivity contribution in [2.24, 2.45) is 0 Å². The third-order valence-electron chi connectivity index (χ3n) is 3.59. The minimum atomic E-state index is -0.810. The molecule has 0 radical (unpaired) electrons. The number of nitrogens with zero attached hydrogens (tertiary/aromatic N) is 2. The molecule has 2 aliphatic rings. The Hall–Kier alpha value is 0.0400. The number of carbonyl (C=O) groups is 1. The first kappa shape index (κ1) is 13.5. The van der Waals surface area contributed by atoms with Gasteiger partial charge in [-0.2, -0.15) is 5.26 Å². The summed E-state index contributed by atoms with van der Waals surface area (Å²) in [5.41, 5.74) is 0. The molecule has 1 amide bonds. The topological polar surface area (TPSA) is 44.1 Å². The SMILES string of the molecule is CCSC1N(C2CCCCC2)C(=O)C1(I)C#N. The molecule has 2 rings (SSSR count). The molecule has 94 valence electrons. The van der Waals surface area contributed by atoms with Gasteiger partial charge in [-0.15, -0.1) is 11.8 Å². The second kappa shape index (κ2) is 5.35. The highest BCUT2D eigenvalue weighted by Crippen LogP contribution is 2.47. The lowest BCUT2D eigenvalue weighted by molar-refractivity contribution is -0.147. The summed E-state index contributed by atoms with van der Waals surface area (Å²) in [5, 5.41) is 9.27. The molecule has 0 aromatic carbocycles. The molecule has 17 heavy (non-hydrogen) atoms. The van der Waals surface area contributed by atoms with Gasteiger partial charge in [0.1, 0.15) is 5.37 Å². The second-order valence-corrected chi connectivity index (χ2v) is 7.69. The maximum Gasteiger partial charge on any atom is 0.257 e. The first-order valence-electron chi connectivity index (χ1n) is 6.19. The van der Waals surface area contributed by atoms with E-state index in [1.807, 2.05) is 27.5 Å². The Labute approximate surface area is 120 Å². The van der Waals surface area contributed by atoms with Crippen LogP contribution < -0.4 is 0 Å². The van der Waals surface area contributed by atoms with E-state index in [-0.39, 0.29) is 11.3 Å². The average molecular weight is 364 g/mol. The van der Waals surface area contributed by atoms with E-state index in [0.29, 0.717) is 6.04 Å². The van der Waals surface area contributed by atoms with Crippen LogP contribution in [0.5, 0.6) is 0 Å². The van der Waals surface area contributed by atoms with Gasteiger partial charge in [0.05, 0.1) is 6.07 Å². The van der Waals surface area contributed by atoms with Crippen LogP contribution in [0.2, 0.25) is 0 Å². The van der Waals surface area contributed by atoms with Crippen LogP contribution in [0.15, 0.2) is 0 Å². The van der Waals surface area contributed by atoms with Crippen LogP contribution in [0.3, 0.4) is 0 Å². The number of amides is 1. The van der Waals surface area contributed by atoms with Crippen molar-refractivity contribution in [2.45, 2.75) is 53.9 Å². The number of likely N-dealkylation sites (tertiary alicyclic amines) is 1. The van der Waals surface area contributed by atoms with Gasteiger partial charge in [0.2, 0.25) is 3.42 Å². The van der Waals surface area contributed by atoms with Gasteiger partial charge in [-0.05, 0) is 41.2 Å². The number of rotatable bonds is 3. The molecule has 5 heteroatoms. The van der Waals surface area contributed by atoms with Crippen LogP contribution >= 0.6 is 34.4 Å². The third kappa shape index (κ3) is 2.19. The van der Waals surface area contributed by atoms with Crippen molar-refractivity contribution in [3.05, 3.63) is 0 Å². The Morgan fingerprint density at radius 2 is 2.18 bits per heavy atom. The van der Waals surface area contributed by atoms with Crippen LogP contribution in [0.25, 0.3) is 0 Å². The molecule has 1 aliphatic heterocycles. The molecule has 1 saturated carbocycles. The number of nitriles is 1. The largest absolute Gasteiger partial charge is 0.323 e. The van der Waals surface area contributed by atoms with Crippen molar-refractivity contribution in [1.82, 2.24) is 4.90 Å². The normalized spacial score (nSPS) is 34.3. The highest BCUT2D eigenvalue weighted by Gasteiger charge is 2.61. The van der Waals surface area contributed by atoms with E-state index in [2.05, 4.69) is 13.0 Å². The average Bonchev–Trinajstić information content (AvgIpc) is 2.38. The van der Waals surface area contributed by atoms with Crippen molar-refractivity contribution in [1.29, 1.82) is 5.26 Å². The van der Waals surface area contributed by atoms with Crippen molar-refractivity contribution in [3.63, 3.8) is 0 Å². The molecule has 2 atom stereocenters. The Morgan fingerprint density at radius 1 is 1.53 bits per heavy atom. The molecule has 1 heterocycles. The number of hydrogen-bond donors (Lipinski definition) is 0. The maximum atomic E-state index is 12.2. The zero-order valence-electron chi connectivity index (χ0n) is 9.99. The van der Waals surface area contributed by atoms with Gasteiger partial charge in [-0.25, -0.2) is 0 Å². The number of carbonyl (C=O) groups excluding carboxylic acids is 1. The maximum absolute atomic E-state index is 12.2. The summed E-state index contributed by atoms with van der Waals surface area (Å²) in [6.07, 6.45) is 5.96. The smallest absolute Gasteiger partial charge is 0.257 e. The van der Waals surface area contributed by atoms with Crippen molar-refractivity contribution in [2.75, 3.05) is 5.75 Å². The quantitative estimate of drug-likeness (QED) is 0.439. The van der Waals surface area contributed by atoms with E-state index in [9.17, 15) is 10.1 Å². The van der Waals surface area contributed by atoms with Gasteiger partial charge >= 0.3 is 0 Å². The first-order valence-corrected chi connectivity index (χ1v) is 8.32. The van der Waals surface area contributed by atoms with Crippen LogP contribution in [0.4, 0.5) is 0 Å². The molecule has 1 aliphatic carbocycles. The van der Waals surface area contributed by atoms with Gasteiger partial charge in [-0.1, -0.05) is 26.2 Å². The summed E-state index contributed by atoms with van der Waals surface area (Å²) in [4.78, 5) is 14.2. The first-order chi connectivity index (χ1) is 8.15. The summed E-state index contributed by atoms with van der Waals surface area (Å²) in [6.45, 7) is 2.08. The number of thioether (sulfide) groups is 1. The Balaban J connectivity index is 2.12. The zero-order chi connectivity index (χ0) is 12.5. The van der Waals surface area contributed by atoms with E-state index in [4.69, 9.17) is 0 Å². The van der Waals surface area contributed by atoms with Crippen LogP contribution in [0.1, 0.15) is 39.0 Å². The number of hydrogen-bond acceptors (Lipinski definition) is 3. The van der Waals surface area contributed by atoms with Gasteiger partial charge in [0.25, 0.3) is 5.91 Å². The van der Waals surface area contributed by atoms with Crippen LogP contribution in [-0.2, 0) is 4.79 Å². The van der Waals surface area contributed by atoms with E-state index in [1.165, 1.54) is 19.3 Å². The fraction of sp³-hybridized carbons (Fsp3) is 0.833. The third-order valence-corrected chi connectivity index (χ3v) is 6.54. The highest BCUT2D eigenvalue weighted by molar-refractivity contribution is 14.1. The van der Waals surface area contributed by atoms with Crippen molar-refractivity contribution >= 4 is 40.3 Å². The minimum Gasteiger partial charge on any atom is -0.323 e. The van der Waals surface area contributed by atoms with E-state index in [0.717, 1.165) is 18.6 Å². The lowest BCUT2D eigenvalue weighted by Gasteiger charge is -2.53. The molecule has 3 nitrogen and oxygen atoms in total. The van der Waals surface area contributed by atoms with Crippen LogP contribution in [0, 0.1) is 11.3 Å². The number of alkyl halides is 1. The monoisotopic (exact) mass is 364 g/mol. The zero-order valence-corrected chi connectivity index (χ0v) is 13.0. The second-order valence-electron chi connectivity index (χ2n) is 4.64. The molecular weight excluding hydrogens is 347 g/mol. The molecule has 0 aromatic rings. The summed E-state index contributed by atoms with van der Waals surface area (Å²) >= 11 is 3.77. The molecule has 0 aromatic heterocycles. The molecular formula is C12H17IN2OS. The Kier molecular flexibility index (Phi) is 4.24. The van der Waals surface area contributed by atoms with Gasteiger partial charge in [0, 0.05) is 6.04 Å². The van der Waals surface area contributed by atoms with Gasteiger partial charge in [-0.3, -0.25) is 4.79 Å². The molecule has 1 saturated heterocycles. The van der Waals surface area contributed by atoms with E-state index in [1.54, 1.807) is 11.8 Å². The lowest BCUT2D eigenvalue weighted by Crippen LogP contribution is -2.71. The highest BCUT2D eigenvalue weighted by atomic mass is 127. The Morgan fingerprint density at radius 3 is 2.71 bits per heavy atom. The van der Waals surface area contributed by atoms with E-state index >= 15 is 0 Å². The summed E-state index contributed by atoms with van der Waals surface area (Å²) in [7, 11) is 0. The van der Waals surface area contributed by atoms with Crippen molar-refractivity contribution < 1.29 is 4.79 Å². The fourth-order valence-electron chi connectivity index (χ4n) is 2.70. The van der Waals surface area contributed by atoms with Gasteiger partial charge < -0.3 is 4.90 Å². The molecule has 0 bridgehead atoms.